The van der Waals surface area contributed by atoms with Crippen molar-refractivity contribution in [2.45, 2.75) is 205 Å². The van der Waals surface area contributed by atoms with Crippen molar-refractivity contribution in [1.82, 2.24) is 0 Å². The molecule has 0 aromatic rings. The summed E-state index contributed by atoms with van der Waals surface area (Å²) < 4.78 is 32.7. The predicted molar refractivity (Wildman–Crippen MR) is 226 cm³/mol. The van der Waals surface area contributed by atoms with Crippen LogP contribution in [-0.4, -0.2) is 59.9 Å². The molecule has 0 radical (unpaired) electrons. The van der Waals surface area contributed by atoms with Crippen molar-refractivity contribution in [3.63, 3.8) is 0 Å². The molecule has 0 bridgehead atoms. The lowest BCUT2D eigenvalue weighted by molar-refractivity contribution is -0.161. The molecule has 3 atom stereocenters. The minimum absolute atomic E-state index is 0.158. The number of carbonyl (C=O) groups excluding carboxylic acids is 2. The van der Waals surface area contributed by atoms with Crippen molar-refractivity contribution in [2.24, 2.45) is 5.73 Å². The first-order chi connectivity index (χ1) is 27.1. The largest absolute Gasteiger partial charge is 0.480 e. The van der Waals surface area contributed by atoms with E-state index in [4.69, 9.17) is 24.8 Å². The topological polar surface area (TPSA) is 172 Å². The summed E-state index contributed by atoms with van der Waals surface area (Å²) in [6.07, 6.45) is 40.9. The molecule has 0 saturated heterocycles. The second kappa shape index (κ2) is 39.5. The van der Waals surface area contributed by atoms with Gasteiger partial charge in [-0.1, -0.05) is 153 Å². The van der Waals surface area contributed by atoms with E-state index in [2.05, 4.69) is 42.3 Å². The molecule has 0 aliphatic carbocycles. The van der Waals surface area contributed by atoms with Crippen molar-refractivity contribution in [1.29, 1.82) is 0 Å². The Morgan fingerprint density at radius 1 is 0.607 bits per heavy atom. The Hall–Kier alpha value is -2.30. The minimum Gasteiger partial charge on any atom is -0.480 e. The van der Waals surface area contributed by atoms with E-state index >= 15 is 0 Å². The van der Waals surface area contributed by atoms with Crippen molar-refractivity contribution in [3.05, 3.63) is 37.0 Å². The Kier molecular flexibility index (Phi) is 37.9. The van der Waals surface area contributed by atoms with E-state index in [1.54, 1.807) is 0 Å². The van der Waals surface area contributed by atoms with Gasteiger partial charge in [0.15, 0.2) is 6.10 Å². The fourth-order valence-electron chi connectivity index (χ4n) is 6.02. The number of esters is 2. The molecule has 0 spiro atoms. The van der Waals surface area contributed by atoms with Crippen molar-refractivity contribution in [3.8, 4) is 0 Å². The highest BCUT2D eigenvalue weighted by Crippen LogP contribution is 2.43. The Bertz CT molecular complexity index is 1080. The van der Waals surface area contributed by atoms with Crippen LogP contribution in [0.3, 0.4) is 0 Å². The quantitative estimate of drug-likeness (QED) is 0.0232. The van der Waals surface area contributed by atoms with Gasteiger partial charge >= 0.3 is 25.7 Å². The Labute approximate surface area is 340 Å². The molecule has 0 aliphatic rings. The molecule has 0 heterocycles. The van der Waals surface area contributed by atoms with Crippen molar-refractivity contribution >= 4 is 25.7 Å². The van der Waals surface area contributed by atoms with Crippen molar-refractivity contribution in [2.75, 3.05) is 19.8 Å². The van der Waals surface area contributed by atoms with Crippen LogP contribution in [0.4, 0.5) is 0 Å². The number of allylic oxidation sites excluding steroid dienone is 5. The van der Waals surface area contributed by atoms with E-state index in [1.807, 2.05) is 6.08 Å². The van der Waals surface area contributed by atoms with Gasteiger partial charge < -0.3 is 25.2 Å². The standard InChI is InChI=1S/C44H80NO10P/c1-3-5-7-9-11-13-15-17-19-20-22-23-25-27-29-31-33-35-42(46)52-37-40(38-53-56(50,51)54-39-41(45)44(48)49)55-43(47)36-34-32-30-28-26-24-21-18-16-14-12-10-8-6-4-2/h4,11,13,17,19,40-41H,2-3,5-10,12,14-16,18,20-39,45H2,1H3,(H,48,49)(H,50,51)/b13-11+,19-17+/t40-,41+/m1/s1. The van der Waals surface area contributed by atoms with Gasteiger partial charge in [0, 0.05) is 12.8 Å². The number of carbonyl (C=O) groups is 3. The van der Waals surface area contributed by atoms with Gasteiger partial charge in [0.05, 0.1) is 13.2 Å². The number of phosphoric acid groups is 1. The SMILES string of the molecule is C=CCCCCCCCCCCCCCCCC(=O)O[C@H](COC(=O)CCCCCCCCC/C=C/C/C=C/CCCCC)COP(=O)(O)OC[C@H](N)C(=O)O. The molecule has 0 saturated carbocycles. The Morgan fingerprint density at radius 2 is 1.04 bits per heavy atom. The number of phosphoric ester groups is 1. The number of unbranched alkanes of at least 4 members (excludes halogenated alkanes) is 23. The zero-order valence-corrected chi connectivity index (χ0v) is 36.0. The summed E-state index contributed by atoms with van der Waals surface area (Å²) >= 11 is 0. The van der Waals surface area contributed by atoms with Crippen LogP contribution >= 0.6 is 7.82 Å². The first-order valence-electron chi connectivity index (χ1n) is 22.0. The maximum Gasteiger partial charge on any atom is 0.472 e. The number of hydrogen-bond acceptors (Lipinski definition) is 9. The number of ether oxygens (including phenoxy) is 2. The molecule has 4 N–H and O–H groups in total. The van der Waals surface area contributed by atoms with E-state index in [0.717, 1.165) is 57.8 Å². The summed E-state index contributed by atoms with van der Waals surface area (Å²) in [7, 11) is -4.72. The minimum atomic E-state index is -4.72. The number of nitrogens with two attached hydrogens (primary N) is 1. The van der Waals surface area contributed by atoms with Gasteiger partial charge in [-0.15, -0.1) is 6.58 Å². The summed E-state index contributed by atoms with van der Waals surface area (Å²) in [6, 6.07) is -1.52. The number of rotatable bonds is 42. The first-order valence-corrected chi connectivity index (χ1v) is 23.5. The van der Waals surface area contributed by atoms with E-state index < -0.39 is 51.1 Å². The molecule has 12 heteroatoms. The monoisotopic (exact) mass is 814 g/mol. The molecule has 56 heavy (non-hydrogen) atoms. The number of hydrogen-bond donors (Lipinski definition) is 3. The first kappa shape index (κ1) is 53.7. The van der Waals surface area contributed by atoms with Crippen LogP contribution in [0, 0.1) is 0 Å². The molecule has 0 aliphatic heterocycles. The van der Waals surface area contributed by atoms with Gasteiger partial charge in [-0.3, -0.25) is 23.4 Å². The van der Waals surface area contributed by atoms with E-state index in [1.165, 1.54) is 103 Å². The van der Waals surface area contributed by atoms with Gasteiger partial charge in [0.25, 0.3) is 0 Å². The highest BCUT2D eigenvalue weighted by atomic mass is 31.2. The summed E-state index contributed by atoms with van der Waals surface area (Å²) in [5.74, 6) is -2.39. The lowest BCUT2D eigenvalue weighted by Gasteiger charge is -2.20. The zero-order chi connectivity index (χ0) is 41.4. The summed E-state index contributed by atoms with van der Waals surface area (Å²) in [5.41, 5.74) is 5.33. The van der Waals surface area contributed by atoms with Crippen LogP contribution in [0.2, 0.25) is 0 Å². The molecule has 0 aromatic heterocycles. The molecular formula is C44H80NO10P. The summed E-state index contributed by atoms with van der Waals surface area (Å²) in [4.78, 5) is 46.0. The molecule has 0 rings (SSSR count). The van der Waals surface area contributed by atoms with Crippen LogP contribution in [0.5, 0.6) is 0 Å². The smallest absolute Gasteiger partial charge is 0.472 e. The molecule has 1 unspecified atom stereocenters. The van der Waals surface area contributed by atoms with Crippen LogP contribution in [-0.2, 0) is 37.5 Å². The third kappa shape index (κ3) is 38.6. The maximum atomic E-state index is 12.6. The molecule has 0 amide bonds. The van der Waals surface area contributed by atoms with E-state index in [9.17, 15) is 23.8 Å². The second-order valence-electron chi connectivity index (χ2n) is 14.9. The highest BCUT2D eigenvalue weighted by Gasteiger charge is 2.28. The zero-order valence-electron chi connectivity index (χ0n) is 35.1. The molecule has 0 aromatic carbocycles. The second-order valence-corrected chi connectivity index (χ2v) is 16.4. The summed E-state index contributed by atoms with van der Waals surface area (Å²) in [5, 5.41) is 8.89. The average molecular weight is 814 g/mol. The number of carboxylic acids is 1. The van der Waals surface area contributed by atoms with Gasteiger partial charge in [-0.05, 0) is 57.8 Å². The fourth-order valence-corrected chi connectivity index (χ4v) is 6.79. The van der Waals surface area contributed by atoms with Crippen LogP contribution < -0.4 is 5.73 Å². The van der Waals surface area contributed by atoms with Crippen LogP contribution in [0.25, 0.3) is 0 Å². The van der Waals surface area contributed by atoms with Crippen LogP contribution in [0.15, 0.2) is 37.0 Å². The molecule has 11 nitrogen and oxygen atoms in total. The predicted octanol–water partition coefficient (Wildman–Crippen LogP) is 11.6. The number of aliphatic carboxylic acids is 1. The fraction of sp³-hybridized carbons (Fsp3) is 0.795. The average Bonchev–Trinajstić information content (AvgIpc) is 3.17. The lowest BCUT2D eigenvalue weighted by Crippen LogP contribution is -2.34. The normalized spacial score (nSPS) is 13.8. The van der Waals surface area contributed by atoms with Crippen molar-refractivity contribution < 1.29 is 47.5 Å². The third-order valence-electron chi connectivity index (χ3n) is 9.51. The molecule has 0 fully saturated rings. The highest BCUT2D eigenvalue weighted by molar-refractivity contribution is 7.47. The third-order valence-corrected chi connectivity index (χ3v) is 10.5. The number of carboxylic acid groups (broad SMARTS) is 1. The van der Waals surface area contributed by atoms with Gasteiger partial charge in [-0.25, -0.2) is 4.57 Å². The van der Waals surface area contributed by atoms with Gasteiger partial charge in [0.2, 0.25) is 0 Å². The molecule has 326 valence electrons. The van der Waals surface area contributed by atoms with Gasteiger partial charge in [0.1, 0.15) is 12.6 Å². The van der Waals surface area contributed by atoms with E-state index in [0.29, 0.717) is 12.8 Å². The van der Waals surface area contributed by atoms with Gasteiger partial charge in [-0.2, -0.15) is 0 Å². The van der Waals surface area contributed by atoms with Crippen LogP contribution in [0.1, 0.15) is 193 Å². The lowest BCUT2D eigenvalue weighted by atomic mass is 10.0. The Morgan fingerprint density at radius 3 is 1.52 bits per heavy atom. The summed E-state index contributed by atoms with van der Waals surface area (Å²) in [6.45, 7) is 4.30. The maximum absolute atomic E-state index is 12.6. The molecular weight excluding hydrogens is 733 g/mol. The Balaban J connectivity index is 4.34. The van der Waals surface area contributed by atoms with E-state index in [-0.39, 0.29) is 19.4 Å².